The Morgan fingerprint density at radius 1 is 1.40 bits per heavy atom. The molecule has 0 spiro atoms. The summed E-state index contributed by atoms with van der Waals surface area (Å²) in [5.41, 5.74) is 0.738. The van der Waals surface area contributed by atoms with E-state index in [-0.39, 0.29) is 24.6 Å². The average Bonchev–Trinajstić information content (AvgIpc) is 2.46. The fourth-order valence-electron chi connectivity index (χ4n) is 2.04. The number of hydrogen-bond acceptors (Lipinski definition) is 5. The zero-order valence-electron chi connectivity index (χ0n) is 11.2. The van der Waals surface area contributed by atoms with Crippen molar-refractivity contribution < 1.29 is 17.9 Å². The van der Waals surface area contributed by atoms with E-state index in [9.17, 15) is 13.2 Å². The number of thioether (sulfide) groups is 1. The van der Waals surface area contributed by atoms with E-state index in [0.717, 1.165) is 16.3 Å². The Labute approximate surface area is 123 Å². The van der Waals surface area contributed by atoms with Gasteiger partial charge in [0.25, 0.3) is 0 Å². The third-order valence-electron chi connectivity index (χ3n) is 3.03. The predicted octanol–water partition coefficient (Wildman–Crippen LogP) is 1.88. The maximum absolute atomic E-state index is 12.4. The van der Waals surface area contributed by atoms with Gasteiger partial charge < -0.3 is 4.74 Å². The maximum atomic E-state index is 12.4. The second-order valence-electron chi connectivity index (χ2n) is 4.38. The second kappa shape index (κ2) is 6.49. The van der Waals surface area contributed by atoms with Crippen LogP contribution in [0.3, 0.4) is 0 Å². The summed E-state index contributed by atoms with van der Waals surface area (Å²) in [7, 11) is -2.09. The summed E-state index contributed by atoms with van der Waals surface area (Å²) < 4.78 is 30.7. The van der Waals surface area contributed by atoms with Crippen LogP contribution in [0.4, 0.5) is 5.69 Å². The van der Waals surface area contributed by atoms with Crippen molar-refractivity contribution in [3.05, 3.63) is 24.3 Å². The van der Waals surface area contributed by atoms with Crippen LogP contribution in [0.5, 0.6) is 0 Å². The SMILES string of the molecule is COC(=O)CCCS(=O)(=O)N1CCSc2ccccc21. The number of methoxy groups -OCH3 is 1. The van der Waals surface area contributed by atoms with Crippen molar-refractivity contribution in [1.29, 1.82) is 0 Å². The summed E-state index contributed by atoms with van der Waals surface area (Å²) in [6.07, 6.45) is 0.404. The summed E-state index contributed by atoms with van der Waals surface area (Å²) in [6.45, 7) is 0.474. The molecule has 0 atom stereocenters. The van der Waals surface area contributed by atoms with E-state index in [2.05, 4.69) is 4.74 Å². The van der Waals surface area contributed by atoms with Crippen molar-refractivity contribution in [3.63, 3.8) is 0 Å². The molecule has 1 heterocycles. The Kier molecular flexibility index (Phi) is 4.93. The van der Waals surface area contributed by atoms with Crippen LogP contribution in [0.1, 0.15) is 12.8 Å². The van der Waals surface area contributed by atoms with E-state index in [1.165, 1.54) is 11.4 Å². The van der Waals surface area contributed by atoms with E-state index in [1.54, 1.807) is 11.8 Å². The predicted molar refractivity (Wildman–Crippen MR) is 79.5 cm³/mol. The van der Waals surface area contributed by atoms with Crippen LogP contribution >= 0.6 is 11.8 Å². The first kappa shape index (κ1) is 15.2. The number of fused-ring (bicyclic) bond motifs is 1. The highest BCUT2D eigenvalue weighted by atomic mass is 32.2. The van der Waals surface area contributed by atoms with Gasteiger partial charge >= 0.3 is 5.97 Å². The maximum Gasteiger partial charge on any atom is 0.305 e. The number of hydrogen-bond donors (Lipinski definition) is 0. The minimum Gasteiger partial charge on any atom is -0.469 e. The molecule has 7 heteroatoms. The van der Waals surface area contributed by atoms with Crippen LogP contribution in [0.15, 0.2) is 29.2 Å². The minimum absolute atomic E-state index is 0.0406. The minimum atomic E-state index is -3.39. The van der Waals surface area contributed by atoms with E-state index in [4.69, 9.17) is 0 Å². The molecule has 1 aliphatic heterocycles. The normalized spacial score (nSPS) is 14.8. The molecule has 2 rings (SSSR count). The summed E-state index contributed by atoms with van der Waals surface area (Å²) in [5, 5.41) is 0. The van der Waals surface area contributed by atoms with Crippen molar-refractivity contribution in [2.75, 3.05) is 29.5 Å². The number of sulfonamides is 1. The standard InChI is InChI=1S/C13H17NO4S2/c1-18-13(15)7-4-10-20(16,17)14-8-9-19-12-6-3-2-5-11(12)14/h2-3,5-6H,4,7-10H2,1H3. The number of carbonyl (C=O) groups is 1. The van der Waals surface area contributed by atoms with Gasteiger partial charge in [-0.2, -0.15) is 0 Å². The lowest BCUT2D eigenvalue weighted by Crippen LogP contribution is -2.37. The van der Waals surface area contributed by atoms with Crippen LogP contribution < -0.4 is 4.31 Å². The van der Waals surface area contributed by atoms with Crippen LogP contribution in [-0.2, 0) is 19.6 Å². The molecular weight excluding hydrogens is 298 g/mol. The lowest BCUT2D eigenvalue weighted by molar-refractivity contribution is -0.140. The first-order valence-electron chi connectivity index (χ1n) is 6.33. The highest BCUT2D eigenvalue weighted by molar-refractivity contribution is 8.00. The molecule has 0 fully saturated rings. The van der Waals surface area contributed by atoms with Gasteiger partial charge in [-0.25, -0.2) is 8.42 Å². The number of benzene rings is 1. The molecule has 5 nitrogen and oxygen atoms in total. The largest absolute Gasteiger partial charge is 0.469 e. The molecular formula is C13H17NO4S2. The smallest absolute Gasteiger partial charge is 0.305 e. The summed E-state index contributed by atoms with van der Waals surface area (Å²) >= 11 is 1.66. The molecule has 1 aliphatic rings. The van der Waals surface area contributed by atoms with Crippen molar-refractivity contribution >= 4 is 33.4 Å². The molecule has 0 aromatic heterocycles. The Hall–Kier alpha value is -1.21. The molecule has 0 radical (unpaired) electrons. The molecule has 0 N–H and O–H groups in total. The molecule has 20 heavy (non-hydrogen) atoms. The van der Waals surface area contributed by atoms with Crippen molar-refractivity contribution in [2.45, 2.75) is 17.7 Å². The van der Waals surface area contributed by atoms with Gasteiger partial charge in [0.2, 0.25) is 10.0 Å². The van der Waals surface area contributed by atoms with E-state index in [0.29, 0.717) is 6.54 Å². The van der Waals surface area contributed by atoms with Gasteiger partial charge in [0.05, 0.1) is 18.6 Å². The van der Waals surface area contributed by atoms with Crippen LogP contribution in [0, 0.1) is 0 Å². The number of ether oxygens (including phenoxy) is 1. The summed E-state index contributed by atoms with van der Waals surface area (Å²) in [4.78, 5) is 12.0. The van der Waals surface area contributed by atoms with Gasteiger partial charge in [0, 0.05) is 23.6 Å². The van der Waals surface area contributed by atoms with E-state index < -0.39 is 10.0 Å². The van der Waals surface area contributed by atoms with Gasteiger partial charge in [0.1, 0.15) is 0 Å². The van der Waals surface area contributed by atoms with Gasteiger partial charge in [-0.3, -0.25) is 9.10 Å². The van der Waals surface area contributed by atoms with E-state index >= 15 is 0 Å². The van der Waals surface area contributed by atoms with Gasteiger partial charge in [0.15, 0.2) is 0 Å². The molecule has 1 aromatic rings. The van der Waals surface area contributed by atoms with Gasteiger partial charge in [-0.1, -0.05) is 12.1 Å². The molecule has 0 saturated carbocycles. The average molecular weight is 315 g/mol. The van der Waals surface area contributed by atoms with Gasteiger partial charge in [-0.05, 0) is 18.6 Å². The number of nitrogens with zero attached hydrogens (tertiary/aromatic N) is 1. The third-order valence-corrected chi connectivity index (χ3v) is 5.93. The number of carbonyl (C=O) groups excluding carboxylic acids is 1. The first-order valence-corrected chi connectivity index (χ1v) is 8.93. The zero-order chi connectivity index (χ0) is 14.6. The molecule has 110 valence electrons. The topological polar surface area (TPSA) is 63.7 Å². The fraction of sp³-hybridized carbons (Fsp3) is 0.462. The lowest BCUT2D eigenvalue weighted by Gasteiger charge is -2.29. The molecule has 0 aliphatic carbocycles. The van der Waals surface area contributed by atoms with Gasteiger partial charge in [-0.15, -0.1) is 11.8 Å². The fourth-order valence-corrected chi connectivity index (χ4v) is 4.77. The molecule has 0 unspecified atom stereocenters. The van der Waals surface area contributed by atoms with Crippen molar-refractivity contribution in [1.82, 2.24) is 0 Å². The lowest BCUT2D eigenvalue weighted by atomic mass is 10.3. The van der Waals surface area contributed by atoms with Crippen LogP contribution in [0.2, 0.25) is 0 Å². The molecule has 1 aromatic carbocycles. The number of anilines is 1. The quantitative estimate of drug-likeness (QED) is 0.776. The Morgan fingerprint density at radius 3 is 2.90 bits per heavy atom. The number of esters is 1. The Morgan fingerprint density at radius 2 is 2.15 bits per heavy atom. The Balaban J connectivity index is 2.09. The molecule has 0 amide bonds. The number of rotatable bonds is 5. The highest BCUT2D eigenvalue weighted by Gasteiger charge is 2.27. The van der Waals surface area contributed by atoms with Crippen molar-refractivity contribution in [3.8, 4) is 0 Å². The highest BCUT2D eigenvalue weighted by Crippen LogP contribution is 2.35. The summed E-state index contributed by atoms with van der Waals surface area (Å²) in [6, 6.07) is 7.48. The van der Waals surface area contributed by atoms with E-state index in [1.807, 2.05) is 24.3 Å². The molecule has 0 bridgehead atoms. The summed E-state index contributed by atoms with van der Waals surface area (Å²) in [5.74, 6) is 0.323. The van der Waals surface area contributed by atoms with Crippen LogP contribution in [-0.4, -0.2) is 39.5 Å². The van der Waals surface area contributed by atoms with Crippen molar-refractivity contribution in [2.24, 2.45) is 0 Å². The number of para-hydroxylation sites is 1. The second-order valence-corrected chi connectivity index (χ2v) is 7.53. The monoisotopic (exact) mass is 315 g/mol. The van der Waals surface area contributed by atoms with Crippen LogP contribution in [0.25, 0.3) is 0 Å². The zero-order valence-corrected chi connectivity index (χ0v) is 12.9. The first-order chi connectivity index (χ1) is 9.54. The Bertz CT molecular complexity index is 586. The molecule has 0 saturated heterocycles. The third kappa shape index (κ3) is 3.46.